The summed E-state index contributed by atoms with van der Waals surface area (Å²) in [5.41, 5.74) is 4.21. The number of amides is 2. The number of nitrogens with one attached hydrogen (secondary N) is 2. The standard InChI is InChI=1S/C42H62N2O7/c1-42(2,3)51-39(46)29-17-15-13-11-9-7-5-4-6-8-10-12-14-16-28-38(45)44-37(40(47)48)27-22-30-43-41(49)50-31-36-34-25-20-18-23-32(34)33-24-19-21-26-35(33)36/h18-21,23-26,36-37H,4-17,22,27-31H2,1-3H3,(H,43,49)(H,44,45)(H,47,48). The summed E-state index contributed by atoms with van der Waals surface area (Å²) >= 11 is 0. The Balaban J connectivity index is 1.13. The van der Waals surface area contributed by atoms with Crippen molar-refractivity contribution in [1.82, 2.24) is 10.6 Å². The van der Waals surface area contributed by atoms with Crippen LogP contribution in [-0.4, -0.2) is 53.8 Å². The Morgan fingerprint density at radius 3 is 1.65 bits per heavy atom. The van der Waals surface area contributed by atoms with Crippen molar-refractivity contribution < 1.29 is 33.8 Å². The Bertz CT molecular complexity index is 1320. The number of hydrogen-bond acceptors (Lipinski definition) is 6. The second kappa shape index (κ2) is 22.8. The molecule has 0 aliphatic heterocycles. The van der Waals surface area contributed by atoms with Crippen LogP contribution in [0.5, 0.6) is 0 Å². The molecule has 9 nitrogen and oxygen atoms in total. The first-order chi connectivity index (χ1) is 24.5. The molecule has 3 N–H and O–H groups in total. The highest BCUT2D eigenvalue weighted by Gasteiger charge is 2.29. The first kappa shape index (κ1) is 41.5. The number of carboxylic acid groups (broad SMARTS) is 1. The molecule has 282 valence electrons. The number of fused-ring (bicyclic) bond motifs is 3. The van der Waals surface area contributed by atoms with Crippen LogP contribution in [0.1, 0.15) is 153 Å². The van der Waals surface area contributed by atoms with E-state index in [1.54, 1.807) is 0 Å². The molecule has 1 unspecified atom stereocenters. The van der Waals surface area contributed by atoms with Gasteiger partial charge in [0.1, 0.15) is 18.2 Å². The third-order valence-electron chi connectivity index (χ3n) is 9.37. The molecule has 0 saturated carbocycles. The van der Waals surface area contributed by atoms with Crippen LogP contribution >= 0.6 is 0 Å². The summed E-state index contributed by atoms with van der Waals surface area (Å²) in [4.78, 5) is 48.3. The average Bonchev–Trinajstić information content (AvgIpc) is 3.41. The van der Waals surface area contributed by atoms with Crippen molar-refractivity contribution in [3.8, 4) is 11.1 Å². The van der Waals surface area contributed by atoms with E-state index in [2.05, 4.69) is 34.9 Å². The van der Waals surface area contributed by atoms with E-state index in [0.717, 1.165) is 60.8 Å². The zero-order chi connectivity index (χ0) is 36.9. The zero-order valence-electron chi connectivity index (χ0n) is 31.3. The molecular formula is C42H62N2O7. The van der Waals surface area contributed by atoms with Gasteiger partial charge in [0.2, 0.25) is 5.91 Å². The highest BCUT2D eigenvalue weighted by Crippen LogP contribution is 2.44. The fourth-order valence-corrected chi connectivity index (χ4v) is 6.74. The topological polar surface area (TPSA) is 131 Å². The Kier molecular flexibility index (Phi) is 18.6. The van der Waals surface area contributed by atoms with Crippen molar-refractivity contribution in [3.05, 3.63) is 59.7 Å². The molecule has 2 aromatic carbocycles. The van der Waals surface area contributed by atoms with E-state index in [1.807, 2.05) is 45.0 Å². The maximum Gasteiger partial charge on any atom is 0.407 e. The number of carboxylic acids is 1. The van der Waals surface area contributed by atoms with Gasteiger partial charge < -0.3 is 25.2 Å². The smallest absolute Gasteiger partial charge is 0.407 e. The fourth-order valence-electron chi connectivity index (χ4n) is 6.74. The van der Waals surface area contributed by atoms with E-state index >= 15 is 0 Å². The SMILES string of the molecule is CC(C)(C)OC(=O)CCCCCCCCCCCCCCCCC(=O)NC(CCCNC(=O)OCC1c2ccccc2-c2ccccc21)C(=O)O. The third-order valence-corrected chi connectivity index (χ3v) is 9.37. The minimum Gasteiger partial charge on any atom is -0.480 e. The lowest BCUT2D eigenvalue weighted by Gasteiger charge is -2.19. The highest BCUT2D eigenvalue weighted by atomic mass is 16.6. The highest BCUT2D eigenvalue weighted by molar-refractivity contribution is 5.83. The Morgan fingerprint density at radius 1 is 0.686 bits per heavy atom. The van der Waals surface area contributed by atoms with Gasteiger partial charge >= 0.3 is 18.0 Å². The molecule has 1 aliphatic rings. The number of benzene rings is 2. The maximum atomic E-state index is 12.4. The van der Waals surface area contributed by atoms with Crippen molar-refractivity contribution in [2.24, 2.45) is 0 Å². The molecule has 9 heteroatoms. The lowest BCUT2D eigenvalue weighted by atomic mass is 9.98. The van der Waals surface area contributed by atoms with E-state index < -0.39 is 23.7 Å². The normalized spacial score (nSPS) is 12.8. The molecule has 0 fully saturated rings. The average molecular weight is 707 g/mol. The number of carbonyl (C=O) groups excluding carboxylic acids is 3. The maximum absolute atomic E-state index is 12.4. The van der Waals surface area contributed by atoms with Crippen LogP contribution in [0.4, 0.5) is 4.79 Å². The number of ether oxygens (including phenoxy) is 2. The van der Waals surface area contributed by atoms with Gasteiger partial charge in [0.25, 0.3) is 0 Å². The Morgan fingerprint density at radius 2 is 1.16 bits per heavy atom. The second-order valence-corrected chi connectivity index (χ2v) is 14.9. The lowest BCUT2D eigenvalue weighted by molar-refractivity contribution is -0.155. The summed E-state index contributed by atoms with van der Waals surface area (Å²) < 4.78 is 10.9. The number of rotatable bonds is 25. The van der Waals surface area contributed by atoms with E-state index in [0.29, 0.717) is 19.3 Å². The minimum absolute atomic E-state index is 0.0254. The number of carbonyl (C=O) groups is 4. The van der Waals surface area contributed by atoms with Crippen LogP contribution in [0.25, 0.3) is 11.1 Å². The van der Waals surface area contributed by atoms with E-state index in [1.165, 1.54) is 51.4 Å². The molecule has 0 radical (unpaired) electrons. The van der Waals surface area contributed by atoms with E-state index in [-0.39, 0.29) is 37.4 Å². The minimum atomic E-state index is -1.07. The number of unbranched alkanes of at least 4 members (excludes halogenated alkanes) is 13. The van der Waals surface area contributed by atoms with Crippen LogP contribution < -0.4 is 10.6 Å². The molecule has 0 aromatic heterocycles. The van der Waals surface area contributed by atoms with Crippen LogP contribution in [0.3, 0.4) is 0 Å². The molecule has 1 atom stereocenters. The summed E-state index contributed by atoms with van der Waals surface area (Å²) in [6.07, 6.45) is 16.8. The van der Waals surface area contributed by atoms with Gasteiger partial charge in [0.15, 0.2) is 0 Å². The molecule has 0 bridgehead atoms. The van der Waals surface area contributed by atoms with Crippen molar-refractivity contribution in [1.29, 1.82) is 0 Å². The van der Waals surface area contributed by atoms with Gasteiger partial charge in [-0.2, -0.15) is 0 Å². The molecule has 0 saturated heterocycles. The monoisotopic (exact) mass is 706 g/mol. The van der Waals surface area contributed by atoms with E-state index in [4.69, 9.17) is 9.47 Å². The second-order valence-electron chi connectivity index (χ2n) is 14.9. The number of alkyl carbamates (subject to hydrolysis) is 1. The van der Waals surface area contributed by atoms with Gasteiger partial charge in [-0.3, -0.25) is 9.59 Å². The lowest BCUT2D eigenvalue weighted by Crippen LogP contribution is -2.41. The Labute approximate surface area is 305 Å². The molecule has 51 heavy (non-hydrogen) atoms. The first-order valence-electron chi connectivity index (χ1n) is 19.4. The summed E-state index contributed by atoms with van der Waals surface area (Å²) in [7, 11) is 0. The molecule has 0 heterocycles. The molecule has 0 spiro atoms. The quantitative estimate of drug-likeness (QED) is 0.0692. The largest absolute Gasteiger partial charge is 0.480 e. The first-order valence-corrected chi connectivity index (χ1v) is 19.4. The zero-order valence-corrected chi connectivity index (χ0v) is 31.3. The van der Waals surface area contributed by atoms with Gasteiger partial charge in [-0.05, 0) is 68.7 Å². The van der Waals surface area contributed by atoms with Gasteiger partial charge in [-0.25, -0.2) is 9.59 Å². The van der Waals surface area contributed by atoms with Gasteiger partial charge in [0.05, 0.1) is 0 Å². The van der Waals surface area contributed by atoms with Crippen LogP contribution in [0.2, 0.25) is 0 Å². The summed E-state index contributed by atoms with van der Waals surface area (Å²) in [5.74, 6) is -1.43. The van der Waals surface area contributed by atoms with Crippen molar-refractivity contribution in [3.63, 3.8) is 0 Å². The summed E-state index contributed by atoms with van der Waals surface area (Å²) in [6, 6.07) is 15.3. The molecular weight excluding hydrogens is 644 g/mol. The molecule has 3 rings (SSSR count). The molecule has 2 aromatic rings. The van der Waals surface area contributed by atoms with Gasteiger partial charge in [0, 0.05) is 25.3 Å². The number of hydrogen-bond donors (Lipinski definition) is 3. The van der Waals surface area contributed by atoms with Crippen LogP contribution in [0.15, 0.2) is 48.5 Å². The van der Waals surface area contributed by atoms with Crippen LogP contribution in [0, 0.1) is 0 Å². The Hall–Kier alpha value is -3.88. The predicted molar refractivity (Wildman–Crippen MR) is 202 cm³/mol. The molecule has 2 amide bonds. The van der Waals surface area contributed by atoms with E-state index in [9.17, 15) is 24.3 Å². The van der Waals surface area contributed by atoms with Crippen molar-refractivity contribution in [2.45, 2.75) is 154 Å². The number of esters is 1. The van der Waals surface area contributed by atoms with Gasteiger partial charge in [-0.15, -0.1) is 0 Å². The fraction of sp³-hybridized carbons (Fsp3) is 0.619. The third kappa shape index (κ3) is 16.3. The number of aliphatic carboxylic acids is 1. The summed E-state index contributed by atoms with van der Waals surface area (Å²) in [6.45, 7) is 6.18. The predicted octanol–water partition coefficient (Wildman–Crippen LogP) is 9.46. The van der Waals surface area contributed by atoms with Gasteiger partial charge in [-0.1, -0.05) is 126 Å². The van der Waals surface area contributed by atoms with Crippen LogP contribution in [-0.2, 0) is 23.9 Å². The van der Waals surface area contributed by atoms with Crippen molar-refractivity contribution >= 4 is 23.9 Å². The molecule has 1 aliphatic carbocycles. The summed E-state index contributed by atoms with van der Waals surface area (Å²) in [5, 5.41) is 15.0. The van der Waals surface area contributed by atoms with Crippen molar-refractivity contribution in [2.75, 3.05) is 13.2 Å².